The second-order valence-electron chi connectivity index (χ2n) is 4.38. The van der Waals surface area contributed by atoms with E-state index in [1.807, 2.05) is 20.9 Å². The predicted octanol–water partition coefficient (Wildman–Crippen LogP) is 0.0542. The summed E-state index contributed by atoms with van der Waals surface area (Å²) in [5.74, 6) is 0.0884. The summed E-state index contributed by atoms with van der Waals surface area (Å²) in [6, 6.07) is 0. The van der Waals surface area contributed by atoms with E-state index in [2.05, 4.69) is 10.2 Å². The van der Waals surface area contributed by atoms with E-state index in [0.717, 1.165) is 19.5 Å². The van der Waals surface area contributed by atoms with Crippen LogP contribution in [0.2, 0.25) is 0 Å². The highest BCUT2D eigenvalue weighted by atomic mass is 16.5. The van der Waals surface area contributed by atoms with Crippen molar-refractivity contribution in [2.45, 2.75) is 26.4 Å². The zero-order valence-electron chi connectivity index (χ0n) is 11.5. The maximum Gasteiger partial charge on any atom is 0.223 e. The zero-order valence-corrected chi connectivity index (χ0v) is 11.5. The van der Waals surface area contributed by atoms with Gasteiger partial charge in [-0.1, -0.05) is 6.92 Å². The van der Waals surface area contributed by atoms with Crippen molar-refractivity contribution in [2.24, 2.45) is 11.7 Å². The van der Waals surface area contributed by atoms with E-state index in [4.69, 9.17) is 10.5 Å². The Balaban J connectivity index is 3.85. The third-order valence-corrected chi connectivity index (χ3v) is 2.78. The SMILES string of the molecule is CCOC(CN)CCN(C)CC(C)C(=O)NC. The first-order chi connectivity index (χ1) is 8.04. The Morgan fingerprint density at radius 2 is 2.18 bits per heavy atom. The summed E-state index contributed by atoms with van der Waals surface area (Å²) in [5, 5.41) is 2.66. The average Bonchev–Trinajstić information content (AvgIpc) is 2.33. The topological polar surface area (TPSA) is 67.6 Å². The van der Waals surface area contributed by atoms with E-state index in [0.29, 0.717) is 13.2 Å². The van der Waals surface area contributed by atoms with Crippen LogP contribution >= 0.6 is 0 Å². The summed E-state index contributed by atoms with van der Waals surface area (Å²) in [7, 11) is 3.68. The first-order valence-electron chi connectivity index (χ1n) is 6.26. The molecule has 0 aliphatic rings. The summed E-state index contributed by atoms with van der Waals surface area (Å²) in [6.45, 7) is 6.79. The first kappa shape index (κ1) is 16.4. The Hall–Kier alpha value is -0.650. The lowest BCUT2D eigenvalue weighted by molar-refractivity contribution is -0.124. The van der Waals surface area contributed by atoms with Crippen molar-refractivity contribution in [2.75, 3.05) is 40.3 Å². The highest BCUT2D eigenvalue weighted by Gasteiger charge is 2.14. The van der Waals surface area contributed by atoms with E-state index in [-0.39, 0.29) is 17.9 Å². The summed E-state index contributed by atoms with van der Waals surface area (Å²) in [4.78, 5) is 13.5. The van der Waals surface area contributed by atoms with E-state index in [9.17, 15) is 4.79 Å². The van der Waals surface area contributed by atoms with Crippen LogP contribution in [0.25, 0.3) is 0 Å². The van der Waals surface area contributed by atoms with Gasteiger partial charge in [-0.05, 0) is 20.4 Å². The molecule has 0 aliphatic heterocycles. The van der Waals surface area contributed by atoms with Crippen molar-refractivity contribution in [3.8, 4) is 0 Å². The van der Waals surface area contributed by atoms with Gasteiger partial charge in [-0.3, -0.25) is 4.79 Å². The van der Waals surface area contributed by atoms with Crippen molar-refractivity contribution in [3.05, 3.63) is 0 Å². The monoisotopic (exact) mass is 245 g/mol. The fraction of sp³-hybridized carbons (Fsp3) is 0.917. The molecule has 0 fully saturated rings. The molecule has 5 nitrogen and oxygen atoms in total. The molecular formula is C12H27N3O2. The molecular weight excluding hydrogens is 218 g/mol. The molecule has 3 N–H and O–H groups in total. The molecule has 2 atom stereocenters. The molecule has 0 heterocycles. The maximum absolute atomic E-state index is 11.4. The molecule has 1 amide bonds. The van der Waals surface area contributed by atoms with Gasteiger partial charge in [0.25, 0.3) is 0 Å². The number of nitrogens with one attached hydrogen (secondary N) is 1. The molecule has 0 aromatic carbocycles. The van der Waals surface area contributed by atoms with Gasteiger partial charge in [-0.15, -0.1) is 0 Å². The first-order valence-corrected chi connectivity index (χ1v) is 6.26. The minimum Gasteiger partial charge on any atom is -0.377 e. The molecule has 0 saturated heterocycles. The van der Waals surface area contributed by atoms with Crippen LogP contribution in [0, 0.1) is 5.92 Å². The van der Waals surface area contributed by atoms with Gasteiger partial charge >= 0.3 is 0 Å². The van der Waals surface area contributed by atoms with Gasteiger partial charge in [-0.2, -0.15) is 0 Å². The number of nitrogens with two attached hydrogens (primary N) is 1. The van der Waals surface area contributed by atoms with E-state index >= 15 is 0 Å². The lowest BCUT2D eigenvalue weighted by Gasteiger charge is -2.23. The Kier molecular flexibility index (Phi) is 9.03. The van der Waals surface area contributed by atoms with Gasteiger partial charge in [0.1, 0.15) is 0 Å². The summed E-state index contributed by atoms with van der Waals surface area (Å²) >= 11 is 0. The standard InChI is InChI=1S/C12H27N3O2/c1-5-17-11(8-13)6-7-15(4)9-10(2)12(16)14-3/h10-11H,5-9,13H2,1-4H3,(H,14,16). The fourth-order valence-corrected chi connectivity index (χ4v) is 1.76. The van der Waals surface area contributed by atoms with Crippen LogP contribution < -0.4 is 11.1 Å². The summed E-state index contributed by atoms with van der Waals surface area (Å²) in [5.41, 5.74) is 5.61. The number of nitrogens with zero attached hydrogens (tertiary/aromatic N) is 1. The molecule has 0 radical (unpaired) electrons. The molecule has 0 rings (SSSR count). The Morgan fingerprint density at radius 3 is 2.65 bits per heavy atom. The molecule has 102 valence electrons. The molecule has 0 spiro atoms. The molecule has 0 bridgehead atoms. The molecule has 2 unspecified atom stereocenters. The molecule has 17 heavy (non-hydrogen) atoms. The number of carbonyl (C=O) groups is 1. The Labute approximate surface area is 105 Å². The van der Waals surface area contributed by atoms with Crippen LogP contribution in [-0.2, 0) is 9.53 Å². The minimum atomic E-state index is 0.00780. The normalized spacial score (nSPS) is 14.7. The molecule has 0 aliphatic carbocycles. The lowest BCUT2D eigenvalue weighted by atomic mass is 10.1. The fourth-order valence-electron chi connectivity index (χ4n) is 1.76. The number of amides is 1. The van der Waals surface area contributed by atoms with Gasteiger partial charge < -0.3 is 20.7 Å². The third kappa shape index (κ3) is 7.31. The highest BCUT2D eigenvalue weighted by Crippen LogP contribution is 2.02. The van der Waals surface area contributed by atoms with E-state index in [1.54, 1.807) is 7.05 Å². The molecule has 0 saturated carbocycles. The van der Waals surface area contributed by atoms with Crippen LogP contribution in [0.4, 0.5) is 0 Å². The summed E-state index contributed by atoms with van der Waals surface area (Å²) < 4.78 is 5.48. The van der Waals surface area contributed by atoms with Crippen molar-refractivity contribution >= 4 is 5.91 Å². The van der Waals surface area contributed by atoms with Gasteiger partial charge in [0.2, 0.25) is 5.91 Å². The minimum absolute atomic E-state index is 0.00780. The molecule has 0 aromatic rings. The Morgan fingerprint density at radius 1 is 1.53 bits per heavy atom. The lowest BCUT2D eigenvalue weighted by Crippen LogP contribution is -2.36. The average molecular weight is 245 g/mol. The van der Waals surface area contributed by atoms with Crippen LogP contribution in [0.15, 0.2) is 0 Å². The smallest absolute Gasteiger partial charge is 0.223 e. The van der Waals surface area contributed by atoms with E-state index < -0.39 is 0 Å². The second-order valence-corrected chi connectivity index (χ2v) is 4.38. The van der Waals surface area contributed by atoms with Crippen molar-refractivity contribution in [1.82, 2.24) is 10.2 Å². The van der Waals surface area contributed by atoms with Crippen molar-refractivity contribution in [3.63, 3.8) is 0 Å². The van der Waals surface area contributed by atoms with Crippen LogP contribution in [-0.4, -0.2) is 57.2 Å². The predicted molar refractivity (Wildman–Crippen MR) is 69.8 cm³/mol. The largest absolute Gasteiger partial charge is 0.377 e. The Bertz CT molecular complexity index is 212. The maximum atomic E-state index is 11.4. The van der Waals surface area contributed by atoms with Crippen LogP contribution in [0.1, 0.15) is 20.3 Å². The number of carbonyl (C=O) groups excluding carboxylic acids is 1. The quantitative estimate of drug-likeness (QED) is 0.602. The second kappa shape index (κ2) is 9.39. The number of hydrogen-bond acceptors (Lipinski definition) is 4. The molecule has 5 heteroatoms. The number of rotatable bonds is 9. The number of ether oxygens (including phenoxy) is 1. The van der Waals surface area contributed by atoms with Crippen LogP contribution in [0.3, 0.4) is 0 Å². The van der Waals surface area contributed by atoms with Gasteiger partial charge in [0, 0.05) is 39.2 Å². The summed E-state index contributed by atoms with van der Waals surface area (Å²) in [6.07, 6.45) is 1.03. The van der Waals surface area contributed by atoms with Gasteiger partial charge in [0.15, 0.2) is 0 Å². The van der Waals surface area contributed by atoms with Crippen LogP contribution in [0.5, 0.6) is 0 Å². The highest BCUT2D eigenvalue weighted by molar-refractivity contribution is 5.78. The van der Waals surface area contributed by atoms with Gasteiger partial charge in [0.05, 0.1) is 6.10 Å². The third-order valence-electron chi connectivity index (χ3n) is 2.78. The van der Waals surface area contributed by atoms with Crippen molar-refractivity contribution < 1.29 is 9.53 Å². The van der Waals surface area contributed by atoms with Gasteiger partial charge in [-0.25, -0.2) is 0 Å². The molecule has 0 aromatic heterocycles. The van der Waals surface area contributed by atoms with Crippen molar-refractivity contribution in [1.29, 1.82) is 0 Å². The van der Waals surface area contributed by atoms with E-state index in [1.165, 1.54) is 0 Å². The zero-order chi connectivity index (χ0) is 13.3. The number of hydrogen-bond donors (Lipinski definition) is 2.